The van der Waals surface area contributed by atoms with Gasteiger partial charge in [0.2, 0.25) is 0 Å². The molecule has 3 N–H and O–H groups in total. The minimum Gasteiger partial charge on any atom is -0.480 e. The molecule has 0 atom stereocenters. The molecule has 106 valence electrons. The highest BCUT2D eigenvalue weighted by molar-refractivity contribution is 5.98. The number of hydrogen-bond donors (Lipinski definition) is 3. The normalized spacial score (nSPS) is 12.4. The van der Waals surface area contributed by atoms with Crippen molar-refractivity contribution in [1.82, 2.24) is 4.90 Å². The maximum absolute atomic E-state index is 12.2. The van der Waals surface area contributed by atoms with Crippen LogP contribution in [0, 0.1) is 0 Å². The largest absolute Gasteiger partial charge is 0.480 e. The van der Waals surface area contributed by atoms with Crippen LogP contribution >= 0.6 is 0 Å². The first-order valence-electron chi connectivity index (χ1n) is 6.07. The molecule has 7 heteroatoms. The van der Waals surface area contributed by atoms with Gasteiger partial charge in [-0.15, -0.1) is 0 Å². The van der Waals surface area contributed by atoms with Gasteiger partial charge in [0, 0.05) is 17.8 Å². The number of benzene rings is 1. The number of amides is 1. The van der Waals surface area contributed by atoms with Gasteiger partial charge >= 0.3 is 11.9 Å². The molecule has 20 heavy (non-hydrogen) atoms. The molecule has 2 rings (SSSR count). The standard InChI is InChI=1S/C13H14N2O5/c16-11(17)6-15(7-12(18)19)13(20)9-1-2-10-8(5-9)3-4-14-10/h1-2,5,14H,3-4,6-7H2,(H,16,17)(H,18,19). The predicted molar refractivity (Wildman–Crippen MR) is 69.8 cm³/mol. The number of aliphatic carboxylic acids is 2. The zero-order chi connectivity index (χ0) is 14.7. The van der Waals surface area contributed by atoms with Crippen molar-refractivity contribution in [3.05, 3.63) is 29.3 Å². The maximum Gasteiger partial charge on any atom is 0.323 e. The minimum absolute atomic E-state index is 0.301. The van der Waals surface area contributed by atoms with Crippen LogP contribution in [0.15, 0.2) is 18.2 Å². The van der Waals surface area contributed by atoms with Crippen molar-refractivity contribution >= 4 is 23.5 Å². The third kappa shape index (κ3) is 3.05. The van der Waals surface area contributed by atoms with E-state index in [0.717, 1.165) is 29.1 Å². The Bertz CT molecular complexity index is 554. The Labute approximate surface area is 114 Å². The number of anilines is 1. The molecule has 0 bridgehead atoms. The van der Waals surface area contributed by atoms with Crippen molar-refractivity contribution in [2.24, 2.45) is 0 Å². The summed E-state index contributed by atoms with van der Waals surface area (Å²) in [7, 11) is 0. The number of rotatable bonds is 5. The van der Waals surface area contributed by atoms with Gasteiger partial charge in [-0.25, -0.2) is 0 Å². The lowest BCUT2D eigenvalue weighted by Gasteiger charge is -2.18. The minimum atomic E-state index is -1.25. The van der Waals surface area contributed by atoms with Gasteiger partial charge < -0.3 is 20.4 Å². The molecule has 1 heterocycles. The first-order chi connectivity index (χ1) is 9.47. The second-order valence-electron chi connectivity index (χ2n) is 4.50. The number of fused-ring (bicyclic) bond motifs is 1. The summed E-state index contributed by atoms with van der Waals surface area (Å²) in [4.78, 5) is 34.4. The SMILES string of the molecule is O=C(O)CN(CC(=O)O)C(=O)c1ccc2c(c1)CCN2. The van der Waals surface area contributed by atoms with E-state index < -0.39 is 30.9 Å². The molecule has 1 amide bonds. The van der Waals surface area contributed by atoms with Crippen LogP contribution in [0.25, 0.3) is 0 Å². The quantitative estimate of drug-likeness (QED) is 0.713. The van der Waals surface area contributed by atoms with E-state index in [1.54, 1.807) is 18.2 Å². The van der Waals surface area contributed by atoms with E-state index in [1.165, 1.54) is 0 Å². The van der Waals surface area contributed by atoms with Crippen molar-refractivity contribution in [2.45, 2.75) is 6.42 Å². The van der Waals surface area contributed by atoms with Crippen molar-refractivity contribution < 1.29 is 24.6 Å². The fourth-order valence-corrected chi connectivity index (χ4v) is 2.15. The summed E-state index contributed by atoms with van der Waals surface area (Å²) in [5, 5.41) is 20.6. The van der Waals surface area contributed by atoms with E-state index in [2.05, 4.69) is 5.32 Å². The third-order valence-corrected chi connectivity index (χ3v) is 3.00. The Hall–Kier alpha value is -2.57. The van der Waals surface area contributed by atoms with Crippen LogP contribution in [0.4, 0.5) is 5.69 Å². The molecule has 0 saturated heterocycles. The van der Waals surface area contributed by atoms with Crippen molar-refractivity contribution in [3.63, 3.8) is 0 Å². The second-order valence-corrected chi connectivity index (χ2v) is 4.50. The Morgan fingerprint density at radius 1 is 1.15 bits per heavy atom. The molecule has 0 radical (unpaired) electrons. The van der Waals surface area contributed by atoms with Crippen LogP contribution in [0.1, 0.15) is 15.9 Å². The van der Waals surface area contributed by atoms with E-state index >= 15 is 0 Å². The van der Waals surface area contributed by atoms with E-state index in [9.17, 15) is 14.4 Å². The molecule has 0 aliphatic carbocycles. The first-order valence-corrected chi connectivity index (χ1v) is 6.07. The molecule has 0 saturated carbocycles. The van der Waals surface area contributed by atoms with E-state index in [0.29, 0.717) is 5.56 Å². The molecule has 1 aliphatic rings. The summed E-state index contributed by atoms with van der Waals surface area (Å²) >= 11 is 0. The fourth-order valence-electron chi connectivity index (χ4n) is 2.15. The highest BCUT2D eigenvalue weighted by Crippen LogP contribution is 2.23. The van der Waals surface area contributed by atoms with Gasteiger partial charge in [-0.3, -0.25) is 14.4 Å². The summed E-state index contributed by atoms with van der Waals surface area (Å²) < 4.78 is 0. The molecule has 1 aromatic carbocycles. The van der Waals surface area contributed by atoms with Crippen molar-refractivity contribution in [2.75, 3.05) is 25.0 Å². The van der Waals surface area contributed by atoms with Crippen LogP contribution in [0.2, 0.25) is 0 Å². The van der Waals surface area contributed by atoms with Crippen LogP contribution < -0.4 is 5.32 Å². The van der Waals surface area contributed by atoms with Gasteiger partial charge in [0.1, 0.15) is 13.1 Å². The fraction of sp³-hybridized carbons (Fsp3) is 0.308. The molecule has 0 aromatic heterocycles. The molecule has 0 fully saturated rings. The summed E-state index contributed by atoms with van der Waals surface area (Å²) in [6, 6.07) is 4.99. The number of carboxylic acid groups (broad SMARTS) is 2. The highest BCUT2D eigenvalue weighted by atomic mass is 16.4. The van der Waals surface area contributed by atoms with Gasteiger partial charge in [-0.05, 0) is 30.2 Å². The molecule has 7 nitrogen and oxygen atoms in total. The maximum atomic E-state index is 12.2. The summed E-state index contributed by atoms with van der Waals surface area (Å²) in [5.74, 6) is -3.09. The summed E-state index contributed by atoms with van der Waals surface area (Å²) in [6.07, 6.45) is 0.786. The lowest BCUT2D eigenvalue weighted by Crippen LogP contribution is -2.39. The molecule has 0 spiro atoms. The van der Waals surface area contributed by atoms with Crippen molar-refractivity contribution in [1.29, 1.82) is 0 Å². The number of carboxylic acids is 2. The van der Waals surface area contributed by atoms with Crippen LogP contribution in [-0.2, 0) is 16.0 Å². The van der Waals surface area contributed by atoms with Gasteiger partial charge in [0.05, 0.1) is 0 Å². The average molecular weight is 278 g/mol. The van der Waals surface area contributed by atoms with Crippen LogP contribution in [0.3, 0.4) is 0 Å². The summed E-state index contributed by atoms with van der Waals surface area (Å²) in [5.41, 5.74) is 2.22. The zero-order valence-electron chi connectivity index (χ0n) is 10.6. The number of carbonyl (C=O) groups is 3. The lowest BCUT2D eigenvalue weighted by atomic mass is 10.1. The van der Waals surface area contributed by atoms with Crippen LogP contribution in [0.5, 0.6) is 0 Å². The second kappa shape index (κ2) is 5.60. The predicted octanol–water partition coefficient (Wildman–Crippen LogP) is 0.266. The average Bonchev–Trinajstić information content (AvgIpc) is 2.83. The van der Waals surface area contributed by atoms with Crippen LogP contribution in [-0.4, -0.2) is 52.6 Å². The number of carbonyl (C=O) groups excluding carboxylic acids is 1. The highest BCUT2D eigenvalue weighted by Gasteiger charge is 2.22. The van der Waals surface area contributed by atoms with Gasteiger partial charge in [-0.1, -0.05) is 0 Å². The molecular weight excluding hydrogens is 264 g/mol. The number of nitrogens with one attached hydrogen (secondary N) is 1. The third-order valence-electron chi connectivity index (χ3n) is 3.00. The Kier molecular flexibility index (Phi) is 3.88. The van der Waals surface area contributed by atoms with Gasteiger partial charge in [0.15, 0.2) is 0 Å². The van der Waals surface area contributed by atoms with E-state index in [4.69, 9.17) is 10.2 Å². The molecule has 1 aromatic rings. The Morgan fingerprint density at radius 3 is 2.40 bits per heavy atom. The molecule has 0 unspecified atom stereocenters. The van der Waals surface area contributed by atoms with Gasteiger partial charge in [0.25, 0.3) is 5.91 Å². The van der Waals surface area contributed by atoms with Crippen molar-refractivity contribution in [3.8, 4) is 0 Å². The first kappa shape index (κ1) is 13.9. The molecule has 1 aliphatic heterocycles. The van der Waals surface area contributed by atoms with E-state index in [1.807, 2.05) is 0 Å². The lowest BCUT2D eigenvalue weighted by molar-refractivity contribution is -0.140. The summed E-state index contributed by atoms with van der Waals surface area (Å²) in [6.45, 7) is -0.484. The number of hydrogen-bond acceptors (Lipinski definition) is 4. The molecular formula is C13H14N2O5. The topological polar surface area (TPSA) is 107 Å². The van der Waals surface area contributed by atoms with Gasteiger partial charge in [-0.2, -0.15) is 0 Å². The smallest absolute Gasteiger partial charge is 0.323 e. The number of nitrogens with zero attached hydrogens (tertiary/aromatic N) is 1. The zero-order valence-corrected chi connectivity index (χ0v) is 10.6. The monoisotopic (exact) mass is 278 g/mol. The Morgan fingerprint density at radius 2 is 1.80 bits per heavy atom. The van der Waals surface area contributed by atoms with E-state index in [-0.39, 0.29) is 0 Å². The Balaban J connectivity index is 2.22.